The minimum absolute atomic E-state index is 0.0304. The van der Waals surface area contributed by atoms with E-state index in [-0.39, 0.29) is 15.6 Å². The van der Waals surface area contributed by atoms with Crippen molar-refractivity contribution in [1.29, 1.82) is 0 Å². The minimum Gasteiger partial charge on any atom is -0.495 e. The molecule has 0 radical (unpaired) electrons. The fraction of sp³-hybridized carbons (Fsp3) is 0.231. The number of sulfonamides is 1. The summed E-state index contributed by atoms with van der Waals surface area (Å²) in [7, 11) is 0.388. The average Bonchev–Trinajstić information content (AvgIpc) is 2.90. The number of ether oxygens (including phenoxy) is 3. The molecule has 0 heterocycles. The van der Waals surface area contributed by atoms with Crippen molar-refractivity contribution in [2.24, 2.45) is 5.10 Å². The van der Waals surface area contributed by atoms with Crippen molar-refractivity contribution in [1.82, 2.24) is 5.43 Å². The van der Waals surface area contributed by atoms with Crippen LogP contribution in [0.3, 0.4) is 0 Å². The van der Waals surface area contributed by atoms with Gasteiger partial charge in [0.25, 0.3) is 15.9 Å². The summed E-state index contributed by atoms with van der Waals surface area (Å²) in [6.07, 6.45) is 0. The highest BCUT2D eigenvalue weighted by Gasteiger charge is 2.28. The van der Waals surface area contributed by atoms with Crippen molar-refractivity contribution < 1.29 is 27.4 Å². The molecule has 11 heteroatoms. The number of hydrogen-bond acceptors (Lipinski definition) is 7. The van der Waals surface area contributed by atoms with Crippen LogP contribution in [-0.2, 0) is 14.8 Å². The van der Waals surface area contributed by atoms with E-state index < -0.39 is 22.5 Å². The first-order chi connectivity index (χ1) is 17.6. The highest BCUT2D eigenvalue weighted by molar-refractivity contribution is 7.92. The molecule has 196 valence electrons. The normalized spacial score (nSPS) is 11.6. The van der Waals surface area contributed by atoms with E-state index in [2.05, 4.69) is 10.5 Å². The van der Waals surface area contributed by atoms with E-state index in [1.807, 2.05) is 6.92 Å². The Morgan fingerprint density at radius 3 is 2.14 bits per heavy atom. The molecule has 3 aromatic carbocycles. The van der Waals surface area contributed by atoms with Crippen molar-refractivity contribution in [3.63, 3.8) is 0 Å². The lowest BCUT2D eigenvalue weighted by Gasteiger charge is -2.24. The van der Waals surface area contributed by atoms with Gasteiger partial charge in [0.2, 0.25) is 0 Å². The Bertz CT molecular complexity index is 1410. The molecule has 37 heavy (non-hydrogen) atoms. The molecule has 0 unspecified atom stereocenters. The van der Waals surface area contributed by atoms with Gasteiger partial charge in [-0.2, -0.15) is 5.10 Å². The summed E-state index contributed by atoms with van der Waals surface area (Å²) in [5.41, 5.74) is 4.69. The van der Waals surface area contributed by atoms with Gasteiger partial charge >= 0.3 is 0 Å². The number of anilines is 1. The summed E-state index contributed by atoms with van der Waals surface area (Å²) in [5.74, 6) is 0.783. The number of hydrazone groups is 1. The maximum atomic E-state index is 13.5. The van der Waals surface area contributed by atoms with Gasteiger partial charge in [0.15, 0.2) is 11.5 Å². The fourth-order valence-corrected chi connectivity index (χ4v) is 5.07. The molecule has 0 fully saturated rings. The lowest BCUT2D eigenvalue weighted by Crippen LogP contribution is -2.39. The molecule has 0 aliphatic rings. The first-order valence-electron chi connectivity index (χ1n) is 11.1. The van der Waals surface area contributed by atoms with E-state index in [0.29, 0.717) is 28.5 Å². The van der Waals surface area contributed by atoms with Crippen LogP contribution in [0.5, 0.6) is 17.2 Å². The number of nitrogens with zero attached hydrogens (tertiary/aromatic N) is 2. The number of methoxy groups -OCH3 is 3. The monoisotopic (exact) mass is 545 g/mol. The van der Waals surface area contributed by atoms with Gasteiger partial charge in [-0.25, -0.2) is 13.8 Å². The largest absolute Gasteiger partial charge is 0.495 e. The number of halogens is 1. The minimum atomic E-state index is -4.12. The third kappa shape index (κ3) is 6.52. The smallest absolute Gasteiger partial charge is 0.264 e. The van der Waals surface area contributed by atoms with Gasteiger partial charge in [-0.3, -0.25) is 9.10 Å². The fourth-order valence-electron chi connectivity index (χ4n) is 3.40. The number of hydrogen-bond donors (Lipinski definition) is 1. The quantitative estimate of drug-likeness (QED) is 0.299. The Balaban J connectivity index is 1.90. The van der Waals surface area contributed by atoms with Crippen molar-refractivity contribution >= 4 is 38.9 Å². The third-order valence-electron chi connectivity index (χ3n) is 5.47. The van der Waals surface area contributed by atoms with E-state index in [4.69, 9.17) is 25.8 Å². The summed E-state index contributed by atoms with van der Waals surface area (Å²) in [4.78, 5) is 12.9. The molecule has 0 spiro atoms. The van der Waals surface area contributed by atoms with Crippen LogP contribution in [0.2, 0.25) is 5.02 Å². The van der Waals surface area contributed by atoms with Gasteiger partial charge in [-0.05, 0) is 62.4 Å². The Labute approximate surface area is 221 Å². The number of amides is 1. The van der Waals surface area contributed by atoms with Crippen LogP contribution in [0.15, 0.2) is 70.7 Å². The Morgan fingerprint density at radius 2 is 1.54 bits per heavy atom. The van der Waals surface area contributed by atoms with Gasteiger partial charge in [0, 0.05) is 5.56 Å². The molecule has 0 aliphatic heterocycles. The van der Waals surface area contributed by atoms with Crippen LogP contribution in [-0.4, -0.2) is 47.9 Å². The summed E-state index contributed by atoms with van der Waals surface area (Å²) < 4.78 is 43.8. The van der Waals surface area contributed by atoms with Crippen molar-refractivity contribution in [3.05, 3.63) is 76.8 Å². The predicted octanol–water partition coefficient (Wildman–Crippen LogP) is 4.41. The molecular weight excluding hydrogens is 518 g/mol. The standard InChI is InChI=1S/C26H28ClN3O6S/c1-17-6-10-21(11-7-17)37(32,33)30(20-9-13-23(34-3)22(27)15-20)16-26(31)29-28-18(2)19-8-12-24(35-4)25(14-19)36-5/h6-15H,16H2,1-5H3,(H,29,31)/b28-18-. The Morgan fingerprint density at radius 1 is 0.919 bits per heavy atom. The van der Waals surface area contributed by atoms with Crippen LogP contribution in [0, 0.1) is 6.92 Å². The zero-order valence-corrected chi connectivity index (χ0v) is 22.7. The first-order valence-corrected chi connectivity index (χ1v) is 12.9. The second-order valence-corrected chi connectivity index (χ2v) is 10.2. The third-order valence-corrected chi connectivity index (χ3v) is 7.55. The Kier molecular flexibility index (Phi) is 9.01. The molecule has 0 aliphatic carbocycles. The van der Waals surface area contributed by atoms with Gasteiger partial charge in [-0.1, -0.05) is 29.3 Å². The number of rotatable bonds is 10. The summed E-state index contributed by atoms with van der Waals surface area (Å²) in [6, 6.07) is 16.0. The van der Waals surface area contributed by atoms with Gasteiger partial charge in [-0.15, -0.1) is 0 Å². The highest BCUT2D eigenvalue weighted by Crippen LogP contribution is 2.32. The van der Waals surface area contributed by atoms with Gasteiger partial charge in [0.05, 0.1) is 42.6 Å². The molecular formula is C26H28ClN3O6S. The maximum absolute atomic E-state index is 13.5. The molecule has 0 aromatic heterocycles. The van der Waals surface area contributed by atoms with Crippen molar-refractivity contribution in [3.8, 4) is 17.2 Å². The van der Waals surface area contributed by atoms with Gasteiger partial charge in [0.1, 0.15) is 12.3 Å². The Hall–Kier alpha value is -3.76. The van der Waals surface area contributed by atoms with E-state index >= 15 is 0 Å². The van der Waals surface area contributed by atoms with Crippen molar-refractivity contribution in [2.45, 2.75) is 18.7 Å². The molecule has 0 saturated heterocycles. The number of nitrogens with one attached hydrogen (secondary N) is 1. The zero-order valence-electron chi connectivity index (χ0n) is 21.1. The van der Waals surface area contributed by atoms with E-state index in [9.17, 15) is 13.2 Å². The molecule has 1 N–H and O–H groups in total. The SMILES string of the molecule is COc1ccc(N(CC(=O)N/N=C(/C)c2ccc(OC)c(OC)c2)S(=O)(=O)c2ccc(C)cc2)cc1Cl. The summed E-state index contributed by atoms with van der Waals surface area (Å²) in [6.45, 7) is 3.01. The predicted molar refractivity (Wildman–Crippen MR) is 144 cm³/mol. The van der Waals surface area contributed by atoms with Crippen molar-refractivity contribution in [2.75, 3.05) is 32.2 Å². The molecule has 3 rings (SSSR count). The second kappa shape index (κ2) is 12.0. The first kappa shape index (κ1) is 27.8. The lowest BCUT2D eigenvalue weighted by atomic mass is 10.1. The summed E-state index contributed by atoms with van der Waals surface area (Å²) >= 11 is 6.26. The van der Waals surface area contributed by atoms with Crippen LogP contribution < -0.4 is 23.9 Å². The lowest BCUT2D eigenvalue weighted by molar-refractivity contribution is -0.119. The molecule has 0 atom stereocenters. The van der Waals surface area contributed by atoms with E-state index in [0.717, 1.165) is 9.87 Å². The summed E-state index contributed by atoms with van der Waals surface area (Å²) in [5, 5.41) is 4.34. The van der Waals surface area contributed by atoms with E-state index in [1.165, 1.54) is 51.7 Å². The van der Waals surface area contributed by atoms with Crippen LogP contribution in [0.4, 0.5) is 5.69 Å². The maximum Gasteiger partial charge on any atom is 0.264 e. The molecule has 3 aromatic rings. The molecule has 0 saturated carbocycles. The molecule has 9 nitrogen and oxygen atoms in total. The van der Waals surface area contributed by atoms with Crippen LogP contribution in [0.1, 0.15) is 18.1 Å². The average molecular weight is 546 g/mol. The number of carbonyl (C=O) groups excluding carboxylic acids is 1. The number of aryl methyl sites for hydroxylation is 1. The van der Waals surface area contributed by atoms with Crippen LogP contribution in [0.25, 0.3) is 0 Å². The molecule has 0 bridgehead atoms. The topological polar surface area (TPSA) is 107 Å². The molecule has 1 amide bonds. The number of benzene rings is 3. The van der Waals surface area contributed by atoms with Gasteiger partial charge < -0.3 is 14.2 Å². The van der Waals surface area contributed by atoms with E-state index in [1.54, 1.807) is 37.3 Å². The second-order valence-electron chi connectivity index (χ2n) is 7.95. The number of carbonyl (C=O) groups is 1. The van der Waals surface area contributed by atoms with Crippen LogP contribution >= 0.6 is 11.6 Å². The highest BCUT2D eigenvalue weighted by atomic mass is 35.5. The zero-order chi connectivity index (χ0) is 27.2.